The Morgan fingerprint density at radius 2 is 0.681 bits per heavy atom. The second-order valence-electron chi connectivity index (χ2n) is 19.0. The van der Waals surface area contributed by atoms with E-state index in [4.69, 9.17) is 8.83 Å². The first kappa shape index (κ1) is 39.5. The summed E-state index contributed by atoms with van der Waals surface area (Å²) in [4.78, 5) is 0. The fourth-order valence-electron chi connectivity index (χ4n) is 11.3. The zero-order valence-electron chi connectivity index (χ0n) is 38.8. The highest BCUT2D eigenvalue weighted by Crippen LogP contribution is 2.47. The van der Waals surface area contributed by atoms with Crippen LogP contribution >= 0.6 is 0 Å². The quantitative estimate of drug-likeness (QED) is 0.161. The molecule has 0 aliphatic heterocycles. The molecule has 0 unspecified atom stereocenters. The van der Waals surface area contributed by atoms with Crippen LogP contribution < -0.4 is 0 Å². The molecular weight excluding hydrogens is 839 g/mol. The monoisotopic (exact) mass is 883 g/mol. The van der Waals surface area contributed by atoms with Crippen molar-refractivity contribution in [1.29, 1.82) is 0 Å². The van der Waals surface area contributed by atoms with Gasteiger partial charge in [-0.2, -0.15) is 0 Å². The van der Waals surface area contributed by atoms with E-state index in [-0.39, 0.29) is 0 Å². The van der Waals surface area contributed by atoms with Crippen LogP contribution in [0, 0.1) is 27.7 Å². The van der Waals surface area contributed by atoms with E-state index >= 15 is 0 Å². The lowest BCUT2D eigenvalue weighted by atomic mass is 9.83. The van der Waals surface area contributed by atoms with Gasteiger partial charge in [0.05, 0.1) is 11.0 Å². The molecule has 3 heterocycles. The number of benzene rings is 11. The van der Waals surface area contributed by atoms with Crippen molar-refractivity contribution in [3.8, 4) is 50.2 Å². The lowest BCUT2D eigenvalue weighted by Crippen LogP contribution is -1.96. The Balaban J connectivity index is 0.992. The summed E-state index contributed by atoms with van der Waals surface area (Å²) in [5.41, 5.74) is 21.5. The molecule has 0 saturated carbocycles. The first-order chi connectivity index (χ1) is 33.9. The summed E-state index contributed by atoms with van der Waals surface area (Å²) in [6.07, 6.45) is 0. The van der Waals surface area contributed by atoms with Crippen LogP contribution in [0.25, 0.3) is 137 Å². The van der Waals surface area contributed by atoms with Crippen molar-refractivity contribution < 1.29 is 8.83 Å². The van der Waals surface area contributed by atoms with Gasteiger partial charge in [0, 0.05) is 49.1 Å². The van der Waals surface area contributed by atoms with Gasteiger partial charge in [0.15, 0.2) is 0 Å². The second kappa shape index (κ2) is 14.9. The SMILES string of the molecule is Cc1cc2c(-c3ccccc3)c3cc(C)c(C)cc3c(-c3ccc(-n4c5ccc(-c6cccc7c6oc6ccccc67)cc5c5cc(-c6cccc7c6oc6ccccc67)ccc54)cc3)c2cc1C. The highest BCUT2D eigenvalue weighted by atomic mass is 16.3. The van der Waals surface area contributed by atoms with Gasteiger partial charge in [0.1, 0.15) is 22.3 Å². The molecule has 14 rings (SSSR count). The Hall–Kier alpha value is -8.66. The Kier molecular flexibility index (Phi) is 8.54. The number of aromatic nitrogens is 1. The summed E-state index contributed by atoms with van der Waals surface area (Å²) in [6.45, 7) is 8.95. The van der Waals surface area contributed by atoms with Crippen LogP contribution in [-0.4, -0.2) is 4.57 Å². The van der Waals surface area contributed by atoms with E-state index in [9.17, 15) is 0 Å². The topological polar surface area (TPSA) is 31.2 Å². The molecule has 0 bridgehead atoms. The number of hydrogen-bond acceptors (Lipinski definition) is 2. The summed E-state index contributed by atoms with van der Waals surface area (Å²) in [7, 11) is 0. The average molecular weight is 884 g/mol. The molecule has 0 atom stereocenters. The molecule has 0 N–H and O–H groups in total. The van der Waals surface area contributed by atoms with Crippen LogP contribution in [-0.2, 0) is 0 Å². The summed E-state index contributed by atoms with van der Waals surface area (Å²) < 4.78 is 15.6. The van der Waals surface area contributed by atoms with Crippen molar-refractivity contribution in [2.24, 2.45) is 0 Å². The Labute approximate surface area is 399 Å². The number of nitrogens with zero attached hydrogens (tertiary/aromatic N) is 1. The highest BCUT2D eigenvalue weighted by molar-refractivity contribution is 6.22. The molecule has 0 aliphatic carbocycles. The molecule has 3 heteroatoms. The predicted molar refractivity (Wildman–Crippen MR) is 291 cm³/mol. The third-order valence-electron chi connectivity index (χ3n) is 15.0. The van der Waals surface area contributed by atoms with Gasteiger partial charge in [-0.1, -0.05) is 152 Å². The van der Waals surface area contributed by atoms with E-state index in [1.165, 1.54) is 76.8 Å². The molecule has 3 nitrogen and oxygen atoms in total. The van der Waals surface area contributed by atoms with Crippen molar-refractivity contribution in [1.82, 2.24) is 4.57 Å². The molecule has 0 fully saturated rings. The summed E-state index contributed by atoms with van der Waals surface area (Å²) in [5.74, 6) is 0. The minimum Gasteiger partial charge on any atom is -0.455 e. The molecule has 0 radical (unpaired) electrons. The summed E-state index contributed by atoms with van der Waals surface area (Å²) in [6, 6.07) is 73.3. The van der Waals surface area contributed by atoms with E-state index in [0.29, 0.717) is 0 Å². The van der Waals surface area contributed by atoms with Crippen LogP contribution in [0.1, 0.15) is 22.3 Å². The van der Waals surface area contributed by atoms with Gasteiger partial charge in [-0.25, -0.2) is 0 Å². The molecule has 69 heavy (non-hydrogen) atoms. The summed E-state index contributed by atoms with van der Waals surface area (Å²) in [5, 5.41) is 12.0. The molecule has 0 aliphatic rings. The van der Waals surface area contributed by atoms with Gasteiger partial charge in [-0.15, -0.1) is 0 Å². The van der Waals surface area contributed by atoms with Crippen LogP contribution in [0.15, 0.2) is 209 Å². The Morgan fingerprint density at radius 3 is 1.14 bits per heavy atom. The van der Waals surface area contributed by atoms with Crippen molar-refractivity contribution in [3.63, 3.8) is 0 Å². The van der Waals surface area contributed by atoms with E-state index in [1.807, 2.05) is 12.1 Å². The maximum Gasteiger partial charge on any atom is 0.143 e. The largest absolute Gasteiger partial charge is 0.455 e. The van der Waals surface area contributed by atoms with E-state index in [1.54, 1.807) is 0 Å². The number of fused-ring (bicyclic) bond motifs is 11. The number of rotatable bonds is 5. The van der Waals surface area contributed by atoms with Crippen molar-refractivity contribution in [3.05, 3.63) is 222 Å². The fourth-order valence-corrected chi connectivity index (χ4v) is 11.3. The third kappa shape index (κ3) is 5.93. The second-order valence-corrected chi connectivity index (χ2v) is 19.0. The van der Waals surface area contributed by atoms with Gasteiger partial charge >= 0.3 is 0 Å². The zero-order valence-corrected chi connectivity index (χ0v) is 38.8. The molecular formula is C66H45NO2. The normalized spacial score (nSPS) is 12.1. The first-order valence-corrected chi connectivity index (χ1v) is 23.9. The minimum atomic E-state index is 0.897. The standard InChI is InChI=1S/C66H45NO2/c1-38-32-55-57(34-40(38)3)64(58-35-41(4)39(2)33-56(58)63(55)42-14-6-5-7-15-42)43-24-28-46(29-25-43)67-59-30-26-44(47-18-12-20-51-49-16-8-10-22-61(49)68-65(47)51)36-53(59)54-37-45(27-31-60(54)67)48-19-13-21-52-50-17-9-11-23-62(50)69-66(48)52/h5-37H,1-4H3. The molecule has 326 valence electrons. The van der Waals surface area contributed by atoms with Crippen LogP contribution in [0.5, 0.6) is 0 Å². The molecule has 3 aromatic heterocycles. The minimum absolute atomic E-state index is 0.897. The number of aryl methyl sites for hydroxylation is 4. The van der Waals surface area contributed by atoms with Gasteiger partial charge in [0.2, 0.25) is 0 Å². The van der Waals surface area contributed by atoms with Crippen molar-refractivity contribution in [2.45, 2.75) is 27.7 Å². The Bertz CT molecular complexity index is 4210. The molecule has 0 spiro atoms. The highest BCUT2D eigenvalue weighted by Gasteiger charge is 2.22. The molecule has 14 aromatic rings. The number of para-hydroxylation sites is 4. The summed E-state index contributed by atoms with van der Waals surface area (Å²) >= 11 is 0. The third-order valence-corrected chi connectivity index (χ3v) is 15.0. The Morgan fingerprint density at radius 1 is 0.290 bits per heavy atom. The van der Waals surface area contributed by atoms with Gasteiger partial charge in [0.25, 0.3) is 0 Å². The van der Waals surface area contributed by atoms with Crippen LogP contribution in [0.4, 0.5) is 0 Å². The number of hydrogen-bond donors (Lipinski definition) is 0. The number of furan rings is 2. The van der Waals surface area contributed by atoms with Crippen LogP contribution in [0.3, 0.4) is 0 Å². The lowest BCUT2D eigenvalue weighted by Gasteiger charge is -2.20. The van der Waals surface area contributed by atoms with Crippen molar-refractivity contribution in [2.75, 3.05) is 0 Å². The maximum absolute atomic E-state index is 6.59. The van der Waals surface area contributed by atoms with Crippen LogP contribution in [0.2, 0.25) is 0 Å². The smallest absolute Gasteiger partial charge is 0.143 e. The average Bonchev–Trinajstić information content (AvgIpc) is 4.06. The lowest BCUT2D eigenvalue weighted by molar-refractivity contribution is 0.669. The van der Waals surface area contributed by atoms with Gasteiger partial charge in [-0.3, -0.25) is 0 Å². The predicted octanol–water partition coefficient (Wildman–Crippen LogP) is 18.8. The zero-order chi connectivity index (χ0) is 46.1. The van der Waals surface area contributed by atoms with Gasteiger partial charge < -0.3 is 13.4 Å². The molecule has 0 amide bonds. The van der Waals surface area contributed by atoms with Gasteiger partial charge in [-0.05, 0) is 153 Å². The molecule has 11 aromatic carbocycles. The van der Waals surface area contributed by atoms with E-state index < -0.39 is 0 Å². The van der Waals surface area contributed by atoms with E-state index in [0.717, 1.165) is 82.9 Å². The fraction of sp³-hybridized carbons (Fsp3) is 0.0606. The molecule has 0 saturated heterocycles. The van der Waals surface area contributed by atoms with E-state index in [2.05, 4.69) is 220 Å². The van der Waals surface area contributed by atoms with Crippen molar-refractivity contribution >= 4 is 87.2 Å². The maximum atomic E-state index is 6.59. The first-order valence-electron chi connectivity index (χ1n) is 23.9.